The molecule has 2 atom stereocenters. The van der Waals surface area contributed by atoms with Crippen LogP contribution in [0.2, 0.25) is 0 Å². The van der Waals surface area contributed by atoms with Crippen molar-refractivity contribution in [3.8, 4) is 0 Å². The number of amides is 1. The quantitative estimate of drug-likeness (QED) is 0.753. The van der Waals surface area contributed by atoms with Crippen LogP contribution in [0, 0.1) is 0 Å². The van der Waals surface area contributed by atoms with Crippen LogP contribution in [-0.2, 0) is 4.79 Å². The Morgan fingerprint density at radius 1 is 1.21 bits per heavy atom. The first-order valence-electron chi connectivity index (χ1n) is 7.68. The first-order chi connectivity index (χ1) is 9.25. The topological polar surface area (TPSA) is 38.8 Å². The van der Waals surface area contributed by atoms with Crippen LogP contribution in [0.5, 0.6) is 0 Å². The number of hydrogen-bond acceptors (Lipinski definition) is 4. The second-order valence-electron chi connectivity index (χ2n) is 6.15. The van der Waals surface area contributed by atoms with Gasteiger partial charge in [0, 0.05) is 44.8 Å². The van der Waals surface area contributed by atoms with E-state index >= 15 is 0 Å². The number of fused-ring (bicyclic) bond motifs is 1. The number of carbonyl (C=O) groups is 1. The Labute approximate surface area is 115 Å². The number of nitrogens with zero attached hydrogens (tertiary/aromatic N) is 3. The monoisotopic (exact) mass is 266 g/mol. The molecule has 3 saturated heterocycles. The van der Waals surface area contributed by atoms with Gasteiger partial charge in [0.15, 0.2) is 0 Å². The first kappa shape index (κ1) is 13.3. The second-order valence-corrected chi connectivity index (χ2v) is 6.15. The summed E-state index contributed by atoms with van der Waals surface area (Å²) in [6, 6.07) is 1.30. The van der Waals surface area contributed by atoms with E-state index in [0.717, 1.165) is 26.2 Å². The SMILES string of the molecule is CN(CC(=O)N1CCNCC1)C1CCN2CCCC12. The maximum Gasteiger partial charge on any atom is 0.236 e. The summed E-state index contributed by atoms with van der Waals surface area (Å²) in [6.45, 7) is 6.70. The molecule has 0 aromatic carbocycles. The van der Waals surface area contributed by atoms with Crippen molar-refractivity contribution in [2.45, 2.75) is 31.3 Å². The van der Waals surface area contributed by atoms with Gasteiger partial charge in [0.2, 0.25) is 5.91 Å². The molecule has 0 spiro atoms. The molecule has 108 valence electrons. The Hall–Kier alpha value is -0.650. The van der Waals surface area contributed by atoms with Gasteiger partial charge in [-0.1, -0.05) is 0 Å². The summed E-state index contributed by atoms with van der Waals surface area (Å²) in [6.07, 6.45) is 3.88. The van der Waals surface area contributed by atoms with Gasteiger partial charge in [0.05, 0.1) is 6.54 Å². The average molecular weight is 266 g/mol. The van der Waals surface area contributed by atoms with E-state index in [-0.39, 0.29) is 0 Å². The van der Waals surface area contributed by atoms with Gasteiger partial charge in [0.25, 0.3) is 0 Å². The van der Waals surface area contributed by atoms with Gasteiger partial charge >= 0.3 is 0 Å². The van der Waals surface area contributed by atoms with Crippen molar-refractivity contribution in [2.24, 2.45) is 0 Å². The third-order valence-corrected chi connectivity index (χ3v) is 4.99. The summed E-state index contributed by atoms with van der Waals surface area (Å²) in [5.41, 5.74) is 0. The minimum atomic E-state index is 0.306. The molecular formula is C14H26N4O. The standard InChI is InChI=1S/C14H26N4O/c1-16(11-14(19)18-9-5-15-6-10-18)12-4-8-17-7-2-3-13(12)17/h12-13,15H,2-11H2,1H3. The van der Waals surface area contributed by atoms with Gasteiger partial charge in [-0.2, -0.15) is 0 Å². The summed E-state index contributed by atoms with van der Waals surface area (Å²) in [5, 5.41) is 3.29. The van der Waals surface area contributed by atoms with Crippen LogP contribution in [0.1, 0.15) is 19.3 Å². The third kappa shape index (κ3) is 2.78. The number of nitrogens with one attached hydrogen (secondary N) is 1. The van der Waals surface area contributed by atoms with Crippen LogP contribution in [0.15, 0.2) is 0 Å². The molecule has 0 saturated carbocycles. The van der Waals surface area contributed by atoms with E-state index < -0.39 is 0 Å². The molecule has 0 radical (unpaired) electrons. The van der Waals surface area contributed by atoms with Gasteiger partial charge < -0.3 is 10.2 Å². The highest BCUT2D eigenvalue weighted by Gasteiger charge is 2.39. The predicted octanol–water partition coefficient (Wildman–Crippen LogP) is -0.413. The van der Waals surface area contributed by atoms with Crippen LogP contribution in [0.25, 0.3) is 0 Å². The molecule has 1 N–H and O–H groups in total. The van der Waals surface area contributed by atoms with Crippen LogP contribution in [0.3, 0.4) is 0 Å². The molecule has 0 aliphatic carbocycles. The van der Waals surface area contributed by atoms with E-state index in [1.165, 1.54) is 32.4 Å². The number of rotatable bonds is 3. The summed E-state index contributed by atoms with van der Waals surface area (Å²) >= 11 is 0. The zero-order chi connectivity index (χ0) is 13.2. The molecule has 3 aliphatic heterocycles. The zero-order valence-corrected chi connectivity index (χ0v) is 12.0. The Bertz CT molecular complexity index is 329. The van der Waals surface area contributed by atoms with Crippen LogP contribution in [0.4, 0.5) is 0 Å². The van der Waals surface area contributed by atoms with Crippen molar-refractivity contribution >= 4 is 5.91 Å². The lowest BCUT2D eigenvalue weighted by Gasteiger charge is -2.33. The first-order valence-corrected chi connectivity index (χ1v) is 7.68. The van der Waals surface area contributed by atoms with Crippen LogP contribution >= 0.6 is 0 Å². The minimum Gasteiger partial charge on any atom is -0.339 e. The molecule has 5 heteroatoms. The minimum absolute atomic E-state index is 0.306. The molecule has 3 aliphatic rings. The summed E-state index contributed by atoms with van der Waals surface area (Å²) in [5.74, 6) is 0.306. The molecule has 19 heavy (non-hydrogen) atoms. The van der Waals surface area contributed by atoms with E-state index in [0.29, 0.717) is 24.5 Å². The second kappa shape index (κ2) is 5.77. The largest absolute Gasteiger partial charge is 0.339 e. The Morgan fingerprint density at radius 2 is 2.00 bits per heavy atom. The van der Waals surface area contributed by atoms with Crippen molar-refractivity contribution in [1.82, 2.24) is 20.0 Å². The summed E-state index contributed by atoms with van der Waals surface area (Å²) in [7, 11) is 2.13. The zero-order valence-electron chi connectivity index (χ0n) is 12.0. The smallest absolute Gasteiger partial charge is 0.236 e. The molecule has 3 rings (SSSR count). The van der Waals surface area contributed by atoms with Crippen LogP contribution < -0.4 is 5.32 Å². The lowest BCUT2D eigenvalue weighted by Crippen LogP contribution is -2.51. The average Bonchev–Trinajstić information content (AvgIpc) is 3.01. The van der Waals surface area contributed by atoms with Gasteiger partial charge in [-0.05, 0) is 32.9 Å². The van der Waals surface area contributed by atoms with Crippen molar-refractivity contribution in [3.63, 3.8) is 0 Å². The van der Waals surface area contributed by atoms with E-state index in [4.69, 9.17) is 0 Å². The molecule has 2 unspecified atom stereocenters. The van der Waals surface area contributed by atoms with Gasteiger partial charge in [0.1, 0.15) is 0 Å². The van der Waals surface area contributed by atoms with Gasteiger partial charge in [-0.25, -0.2) is 0 Å². The van der Waals surface area contributed by atoms with Gasteiger partial charge in [-0.15, -0.1) is 0 Å². The highest BCUT2D eigenvalue weighted by Crippen LogP contribution is 2.30. The maximum atomic E-state index is 12.3. The molecule has 0 bridgehead atoms. The van der Waals surface area contributed by atoms with E-state index in [9.17, 15) is 4.79 Å². The Morgan fingerprint density at radius 3 is 2.79 bits per heavy atom. The molecule has 0 aromatic heterocycles. The fourth-order valence-corrected chi connectivity index (χ4v) is 3.91. The summed E-state index contributed by atoms with van der Waals surface area (Å²) in [4.78, 5) is 19.2. The number of piperazine rings is 1. The Balaban J connectivity index is 1.52. The van der Waals surface area contributed by atoms with Gasteiger partial charge in [-0.3, -0.25) is 14.6 Å². The third-order valence-electron chi connectivity index (χ3n) is 4.99. The molecule has 5 nitrogen and oxygen atoms in total. The molecule has 3 fully saturated rings. The lowest BCUT2D eigenvalue weighted by molar-refractivity contribution is -0.133. The molecule has 1 amide bonds. The highest BCUT2D eigenvalue weighted by atomic mass is 16.2. The van der Waals surface area contributed by atoms with E-state index in [1.807, 2.05) is 4.90 Å². The highest BCUT2D eigenvalue weighted by molar-refractivity contribution is 5.78. The predicted molar refractivity (Wildman–Crippen MR) is 75.1 cm³/mol. The van der Waals surface area contributed by atoms with Crippen LogP contribution in [-0.4, -0.2) is 85.6 Å². The number of hydrogen-bond donors (Lipinski definition) is 1. The summed E-state index contributed by atoms with van der Waals surface area (Å²) < 4.78 is 0. The van der Waals surface area contributed by atoms with Crippen molar-refractivity contribution in [2.75, 3.05) is 52.9 Å². The normalized spacial score (nSPS) is 32.0. The molecule has 0 aromatic rings. The number of carbonyl (C=O) groups excluding carboxylic acids is 1. The fraction of sp³-hybridized carbons (Fsp3) is 0.929. The van der Waals surface area contributed by atoms with Crippen molar-refractivity contribution in [1.29, 1.82) is 0 Å². The number of likely N-dealkylation sites (N-methyl/N-ethyl adjacent to an activating group) is 1. The molecular weight excluding hydrogens is 240 g/mol. The lowest BCUT2D eigenvalue weighted by atomic mass is 10.1. The maximum absolute atomic E-state index is 12.3. The van der Waals surface area contributed by atoms with E-state index in [1.54, 1.807) is 0 Å². The Kier molecular flexibility index (Phi) is 4.05. The van der Waals surface area contributed by atoms with Crippen molar-refractivity contribution < 1.29 is 4.79 Å². The fourth-order valence-electron chi connectivity index (χ4n) is 3.91. The van der Waals surface area contributed by atoms with Crippen molar-refractivity contribution in [3.05, 3.63) is 0 Å². The molecule has 3 heterocycles. The van der Waals surface area contributed by atoms with E-state index in [2.05, 4.69) is 22.2 Å².